The molecule has 0 radical (unpaired) electrons. The Morgan fingerprint density at radius 1 is 1.00 bits per heavy atom. The zero-order valence-electron chi connectivity index (χ0n) is 17.4. The Balaban J connectivity index is 1.60. The van der Waals surface area contributed by atoms with Crippen LogP contribution in [0.3, 0.4) is 0 Å². The molecule has 2 amide bonds. The number of nitrogens with zero attached hydrogens (tertiary/aromatic N) is 1. The zero-order valence-corrected chi connectivity index (χ0v) is 17.4. The van der Waals surface area contributed by atoms with E-state index in [0.29, 0.717) is 36.3 Å². The maximum absolute atomic E-state index is 12.6. The van der Waals surface area contributed by atoms with Gasteiger partial charge in [0.05, 0.1) is 28.4 Å². The largest absolute Gasteiger partial charge is 0.497 e. The summed E-state index contributed by atoms with van der Waals surface area (Å²) in [4.78, 5) is 14.5. The minimum absolute atomic E-state index is 0.0743. The highest BCUT2D eigenvalue weighted by Crippen LogP contribution is 2.38. The fraction of sp³-hybridized carbons (Fsp3) is 0.409. The predicted octanol–water partition coefficient (Wildman–Crippen LogP) is 3.42. The Morgan fingerprint density at radius 3 is 2.21 bits per heavy atom. The van der Waals surface area contributed by atoms with Gasteiger partial charge in [0.15, 0.2) is 11.5 Å². The Bertz CT molecular complexity index is 813. The molecule has 3 rings (SSSR count). The molecule has 1 N–H and O–H groups in total. The summed E-state index contributed by atoms with van der Waals surface area (Å²) in [5.74, 6) is 2.85. The third-order valence-electron chi connectivity index (χ3n) is 5.23. The predicted molar refractivity (Wildman–Crippen MR) is 110 cm³/mol. The van der Waals surface area contributed by atoms with Gasteiger partial charge in [-0.2, -0.15) is 0 Å². The number of hydrogen-bond acceptors (Lipinski definition) is 5. The fourth-order valence-corrected chi connectivity index (χ4v) is 3.62. The average Bonchev–Trinajstić information content (AvgIpc) is 3.27. The van der Waals surface area contributed by atoms with Gasteiger partial charge in [0, 0.05) is 25.6 Å². The molecular weight excluding hydrogens is 372 g/mol. The number of rotatable bonds is 7. The lowest BCUT2D eigenvalue weighted by Gasteiger charge is -2.19. The van der Waals surface area contributed by atoms with Crippen LogP contribution >= 0.6 is 0 Å². The zero-order chi connectivity index (χ0) is 20.8. The van der Waals surface area contributed by atoms with Crippen molar-refractivity contribution >= 4 is 6.03 Å². The number of hydrogen-bond donors (Lipinski definition) is 1. The molecule has 0 aromatic heterocycles. The summed E-state index contributed by atoms with van der Waals surface area (Å²) in [6, 6.07) is 11.7. The van der Waals surface area contributed by atoms with Gasteiger partial charge in [-0.15, -0.1) is 0 Å². The van der Waals surface area contributed by atoms with Gasteiger partial charge in [-0.25, -0.2) is 4.79 Å². The highest BCUT2D eigenvalue weighted by Gasteiger charge is 2.27. The number of amides is 2. The van der Waals surface area contributed by atoms with E-state index in [1.54, 1.807) is 28.4 Å². The normalized spacial score (nSPS) is 15.7. The number of urea groups is 1. The molecule has 1 fully saturated rings. The molecule has 29 heavy (non-hydrogen) atoms. The summed E-state index contributed by atoms with van der Waals surface area (Å²) in [5, 5.41) is 2.99. The molecular formula is C22H28N2O5. The van der Waals surface area contributed by atoms with Crippen molar-refractivity contribution in [2.45, 2.75) is 18.9 Å². The van der Waals surface area contributed by atoms with Crippen LogP contribution in [0.15, 0.2) is 36.4 Å². The first-order valence-electron chi connectivity index (χ1n) is 9.55. The lowest BCUT2D eigenvalue weighted by Crippen LogP contribution is -2.37. The Labute approximate surface area is 171 Å². The van der Waals surface area contributed by atoms with E-state index in [2.05, 4.69) is 17.4 Å². The summed E-state index contributed by atoms with van der Waals surface area (Å²) < 4.78 is 21.3. The van der Waals surface area contributed by atoms with Crippen LogP contribution in [0, 0.1) is 0 Å². The van der Waals surface area contributed by atoms with Crippen molar-refractivity contribution in [2.75, 3.05) is 41.5 Å². The van der Waals surface area contributed by atoms with Crippen LogP contribution in [0.2, 0.25) is 0 Å². The molecule has 2 aromatic rings. The second-order valence-corrected chi connectivity index (χ2v) is 6.90. The van der Waals surface area contributed by atoms with Crippen LogP contribution in [0.5, 0.6) is 23.0 Å². The van der Waals surface area contributed by atoms with Crippen molar-refractivity contribution in [3.63, 3.8) is 0 Å². The quantitative estimate of drug-likeness (QED) is 0.771. The van der Waals surface area contributed by atoms with E-state index in [9.17, 15) is 4.79 Å². The van der Waals surface area contributed by atoms with Gasteiger partial charge in [0.25, 0.3) is 0 Å². The molecule has 1 unspecified atom stereocenters. The molecule has 1 aliphatic heterocycles. The minimum Gasteiger partial charge on any atom is -0.497 e. The summed E-state index contributed by atoms with van der Waals surface area (Å²) in [6.45, 7) is 1.81. The van der Waals surface area contributed by atoms with Crippen LogP contribution in [0.25, 0.3) is 0 Å². The number of benzene rings is 2. The molecule has 1 saturated heterocycles. The fourth-order valence-electron chi connectivity index (χ4n) is 3.62. The topological polar surface area (TPSA) is 69.3 Å². The minimum atomic E-state index is -0.0743. The monoisotopic (exact) mass is 400 g/mol. The number of carbonyl (C=O) groups excluding carboxylic acids is 1. The summed E-state index contributed by atoms with van der Waals surface area (Å²) >= 11 is 0. The first kappa shape index (κ1) is 20.6. The van der Waals surface area contributed by atoms with Crippen LogP contribution in [0.4, 0.5) is 4.79 Å². The molecule has 1 heterocycles. The summed E-state index contributed by atoms with van der Waals surface area (Å²) in [6.07, 6.45) is 0.948. The molecule has 156 valence electrons. The standard InChI is InChI=1S/C22H28N2O5/c1-26-18-7-5-16(6-8-18)17-9-10-24(14-17)22(25)23-13-15-11-19(27-2)21(29-4)20(12-15)28-3/h5-8,11-12,17H,9-10,13-14H2,1-4H3,(H,23,25). The van der Waals surface area contributed by atoms with E-state index in [-0.39, 0.29) is 6.03 Å². The van der Waals surface area contributed by atoms with E-state index >= 15 is 0 Å². The SMILES string of the molecule is COc1ccc(C2CCN(C(=O)NCc3cc(OC)c(OC)c(OC)c3)C2)cc1. The van der Waals surface area contributed by atoms with Crippen molar-refractivity contribution in [3.8, 4) is 23.0 Å². The van der Waals surface area contributed by atoms with Crippen molar-refractivity contribution in [1.29, 1.82) is 0 Å². The summed E-state index contributed by atoms with van der Waals surface area (Å²) in [7, 11) is 6.37. The Morgan fingerprint density at radius 2 is 1.66 bits per heavy atom. The summed E-state index contributed by atoms with van der Waals surface area (Å²) in [5.41, 5.74) is 2.10. The van der Waals surface area contributed by atoms with Crippen molar-refractivity contribution in [1.82, 2.24) is 10.2 Å². The van der Waals surface area contributed by atoms with Crippen molar-refractivity contribution < 1.29 is 23.7 Å². The second kappa shape index (κ2) is 9.41. The molecule has 7 nitrogen and oxygen atoms in total. The lowest BCUT2D eigenvalue weighted by atomic mass is 9.98. The first-order chi connectivity index (χ1) is 14.1. The Hall–Kier alpha value is -3.09. The first-order valence-corrected chi connectivity index (χ1v) is 9.55. The third kappa shape index (κ3) is 4.67. The van der Waals surface area contributed by atoms with Gasteiger partial charge >= 0.3 is 6.03 Å². The van der Waals surface area contributed by atoms with Crippen LogP contribution < -0.4 is 24.3 Å². The van der Waals surface area contributed by atoms with Gasteiger partial charge in [-0.3, -0.25) is 0 Å². The molecule has 0 spiro atoms. The maximum atomic E-state index is 12.6. The lowest BCUT2D eigenvalue weighted by molar-refractivity contribution is 0.207. The van der Waals surface area contributed by atoms with Crippen LogP contribution in [-0.4, -0.2) is 52.5 Å². The Kier molecular flexibility index (Phi) is 6.69. The molecule has 1 aliphatic rings. The third-order valence-corrected chi connectivity index (χ3v) is 5.23. The van der Waals surface area contributed by atoms with Gasteiger partial charge in [0.2, 0.25) is 5.75 Å². The van der Waals surface area contributed by atoms with Gasteiger partial charge in [0.1, 0.15) is 5.75 Å². The highest BCUT2D eigenvalue weighted by atomic mass is 16.5. The molecule has 1 atom stereocenters. The van der Waals surface area contributed by atoms with E-state index in [1.165, 1.54) is 5.56 Å². The van der Waals surface area contributed by atoms with Gasteiger partial charge < -0.3 is 29.2 Å². The van der Waals surface area contributed by atoms with E-state index in [4.69, 9.17) is 18.9 Å². The van der Waals surface area contributed by atoms with E-state index in [0.717, 1.165) is 24.3 Å². The average molecular weight is 400 g/mol. The number of likely N-dealkylation sites (tertiary alicyclic amines) is 1. The van der Waals surface area contributed by atoms with Crippen molar-refractivity contribution in [3.05, 3.63) is 47.5 Å². The molecule has 2 aromatic carbocycles. The number of methoxy groups -OCH3 is 4. The van der Waals surface area contributed by atoms with Crippen LogP contribution in [-0.2, 0) is 6.54 Å². The molecule has 0 saturated carbocycles. The van der Waals surface area contributed by atoms with Gasteiger partial charge in [-0.05, 0) is 41.8 Å². The van der Waals surface area contributed by atoms with Crippen LogP contribution in [0.1, 0.15) is 23.5 Å². The van der Waals surface area contributed by atoms with E-state index in [1.807, 2.05) is 29.2 Å². The van der Waals surface area contributed by atoms with Crippen molar-refractivity contribution in [2.24, 2.45) is 0 Å². The van der Waals surface area contributed by atoms with E-state index < -0.39 is 0 Å². The number of carbonyl (C=O) groups is 1. The van der Waals surface area contributed by atoms with Gasteiger partial charge in [-0.1, -0.05) is 12.1 Å². The maximum Gasteiger partial charge on any atom is 0.317 e. The number of ether oxygens (including phenoxy) is 4. The number of nitrogens with one attached hydrogen (secondary N) is 1. The molecule has 7 heteroatoms. The smallest absolute Gasteiger partial charge is 0.317 e. The molecule has 0 bridgehead atoms. The molecule has 0 aliphatic carbocycles. The second-order valence-electron chi connectivity index (χ2n) is 6.90. The highest BCUT2D eigenvalue weighted by molar-refractivity contribution is 5.74.